The number of rotatable bonds is 3. The van der Waals surface area contributed by atoms with Gasteiger partial charge in [-0.2, -0.15) is 0 Å². The van der Waals surface area contributed by atoms with Crippen LogP contribution >= 0.6 is 0 Å². The first-order chi connectivity index (χ1) is 9.79. The summed E-state index contributed by atoms with van der Waals surface area (Å²) in [5.74, 6) is -1.62. The number of hydrogen-bond donors (Lipinski definition) is 2. The molecule has 6 heteroatoms. The molecule has 0 aliphatic carbocycles. The lowest BCUT2D eigenvalue weighted by Crippen LogP contribution is -2.49. The Labute approximate surface area is 122 Å². The Morgan fingerprint density at radius 3 is 2.38 bits per heavy atom. The number of benzene rings is 1. The van der Waals surface area contributed by atoms with Crippen LogP contribution in [0.15, 0.2) is 30.5 Å². The number of carbonyl (C=O) groups is 2. The summed E-state index contributed by atoms with van der Waals surface area (Å²) in [6.45, 7) is 5.24. The van der Waals surface area contributed by atoms with Crippen molar-refractivity contribution in [1.82, 2.24) is 15.3 Å². The Kier molecular flexibility index (Phi) is 3.88. The Bertz CT molecular complexity index is 692. The van der Waals surface area contributed by atoms with Gasteiger partial charge in [-0.25, -0.2) is 9.78 Å². The molecule has 0 aliphatic heterocycles. The molecule has 0 radical (unpaired) electrons. The van der Waals surface area contributed by atoms with Gasteiger partial charge in [0.2, 0.25) is 0 Å². The van der Waals surface area contributed by atoms with Gasteiger partial charge in [0, 0.05) is 0 Å². The summed E-state index contributed by atoms with van der Waals surface area (Å²) < 4.78 is 0. The van der Waals surface area contributed by atoms with Crippen molar-refractivity contribution in [3.63, 3.8) is 0 Å². The second kappa shape index (κ2) is 5.47. The van der Waals surface area contributed by atoms with E-state index in [-0.39, 0.29) is 5.69 Å². The highest BCUT2D eigenvalue weighted by Crippen LogP contribution is 2.20. The van der Waals surface area contributed by atoms with Gasteiger partial charge in [0.15, 0.2) is 0 Å². The number of nitrogens with one attached hydrogen (secondary N) is 1. The van der Waals surface area contributed by atoms with E-state index in [1.807, 2.05) is 6.07 Å². The SMILES string of the molecule is CC(C)(C)[C@H](NC(=O)c1cnc2ccccc2n1)C(=O)O. The number of carbonyl (C=O) groups excluding carboxylic acids is 1. The van der Waals surface area contributed by atoms with E-state index in [1.54, 1.807) is 39.0 Å². The molecule has 1 amide bonds. The maximum absolute atomic E-state index is 12.2. The predicted molar refractivity (Wildman–Crippen MR) is 77.9 cm³/mol. The molecule has 2 N–H and O–H groups in total. The van der Waals surface area contributed by atoms with Gasteiger partial charge in [-0.15, -0.1) is 0 Å². The fourth-order valence-electron chi connectivity index (χ4n) is 1.92. The summed E-state index contributed by atoms with van der Waals surface area (Å²) in [6, 6.07) is 6.17. The second-order valence-electron chi connectivity index (χ2n) is 5.85. The molecule has 0 bridgehead atoms. The lowest BCUT2D eigenvalue weighted by molar-refractivity contribution is -0.142. The molecule has 0 aliphatic rings. The number of fused-ring (bicyclic) bond motifs is 1. The fraction of sp³-hybridized carbons (Fsp3) is 0.333. The molecule has 0 unspecified atom stereocenters. The summed E-state index contributed by atoms with van der Waals surface area (Å²) in [6.07, 6.45) is 1.35. The highest BCUT2D eigenvalue weighted by atomic mass is 16.4. The molecule has 1 aromatic carbocycles. The van der Waals surface area contributed by atoms with Crippen molar-refractivity contribution in [2.45, 2.75) is 26.8 Å². The van der Waals surface area contributed by atoms with Crippen LogP contribution < -0.4 is 5.32 Å². The molecule has 1 heterocycles. The molecule has 0 spiro atoms. The highest BCUT2D eigenvalue weighted by molar-refractivity contribution is 5.96. The van der Waals surface area contributed by atoms with E-state index in [9.17, 15) is 14.7 Å². The Balaban J connectivity index is 2.27. The minimum Gasteiger partial charge on any atom is -0.480 e. The van der Waals surface area contributed by atoms with E-state index < -0.39 is 23.3 Å². The quantitative estimate of drug-likeness (QED) is 0.899. The number of nitrogens with zero attached hydrogens (tertiary/aromatic N) is 2. The average molecular weight is 287 g/mol. The van der Waals surface area contributed by atoms with Crippen molar-refractivity contribution in [1.29, 1.82) is 0 Å². The minimum absolute atomic E-state index is 0.101. The van der Waals surface area contributed by atoms with Crippen LogP contribution in [0.4, 0.5) is 0 Å². The highest BCUT2D eigenvalue weighted by Gasteiger charge is 2.33. The zero-order valence-electron chi connectivity index (χ0n) is 12.1. The first-order valence-corrected chi connectivity index (χ1v) is 6.54. The minimum atomic E-state index is -1.08. The van der Waals surface area contributed by atoms with Crippen LogP contribution in [-0.2, 0) is 4.79 Å². The zero-order valence-corrected chi connectivity index (χ0v) is 12.1. The van der Waals surface area contributed by atoms with E-state index in [1.165, 1.54) is 6.20 Å². The molecule has 6 nitrogen and oxygen atoms in total. The van der Waals surface area contributed by atoms with Crippen molar-refractivity contribution in [3.8, 4) is 0 Å². The van der Waals surface area contributed by atoms with E-state index in [0.29, 0.717) is 11.0 Å². The summed E-state index contributed by atoms with van der Waals surface area (Å²) in [7, 11) is 0. The van der Waals surface area contributed by atoms with Crippen molar-refractivity contribution in [3.05, 3.63) is 36.2 Å². The molecular weight excluding hydrogens is 270 g/mol. The first kappa shape index (κ1) is 14.9. The molecule has 1 atom stereocenters. The van der Waals surface area contributed by atoms with Crippen molar-refractivity contribution in [2.24, 2.45) is 5.41 Å². The third-order valence-electron chi connectivity index (χ3n) is 3.07. The van der Waals surface area contributed by atoms with Gasteiger partial charge in [0.05, 0.1) is 17.2 Å². The summed E-state index contributed by atoms with van der Waals surface area (Å²) >= 11 is 0. The number of aromatic nitrogens is 2. The molecule has 2 rings (SSSR count). The van der Waals surface area contributed by atoms with Crippen LogP contribution in [0.1, 0.15) is 31.3 Å². The largest absolute Gasteiger partial charge is 0.480 e. The van der Waals surface area contributed by atoms with Gasteiger partial charge in [-0.3, -0.25) is 9.78 Å². The maximum atomic E-state index is 12.2. The lowest BCUT2D eigenvalue weighted by Gasteiger charge is -2.27. The van der Waals surface area contributed by atoms with E-state index in [0.717, 1.165) is 0 Å². The van der Waals surface area contributed by atoms with Crippen LogP contribution in [0.5, 0.6) is 0 Å². The number of hydrogen-bond acceptors (Lipinski definition) is 4. The standard InChI is InChI=1S/C15H17N3O3/c1-15(2,3)12(14(20)21)18-13(19)11-8-16-9-6-4-5-7-10(9)17-11/h4-8,12H,1-3H3,(H,18,19)(H,20,21)/t12-/m1/s1. The number of para-hydroxylation sites is 2. The molecule has 21 heavy (non-hydrogen) atoms. The molecule has 0 saturated carbocycles. The first-order valence-electron chi connectivity index (χ1n) is 6.54. The van der Waals surface area contributed by atoms with Crippen molar-refractivity contribution >= 4 is 22.9 Å². The predicted octanol–water partition coefficient (Wildman–Crippen LogP) is 1.86. The monoisotopic (exact) mass is 287 g/mol. The van der Waals surface area contributed by atoms with Gasteiger partial charge in [-0.05, 0) is 17.5 Å². The van der Waals surface area contributed by atoms with Gasteiger partial charge in [-0.1, -0.05) is 32.9 Å². The van der Waals surface area contributed by atoms with Crippen LogP contribution in [0.2, 0.25) is 0 Å². The summed E-state index contributed by atoms with van der Waals surface area (Å²) in [5, 5.41) is 11.7. The van der Waals surface area contributed by atoms with Crippen molar-refractivity contribution in [2.75, 3.05) is 0 Å². The average Bonchev–Trinajstić information content (AvgIpc) is 2.42. The lowest BCUT2D eigenvalue weighted by atomic mass is 9.86. The van der Waals surface area contributed by atoms with E-state index in [2.05, 4.69) is 15.3 Å². The van der Waals surface area contributed by atoms with Crippen LogP contribution in [0.3, 0.4) is 0 Å². The Morgan fingerprint density at radius 1 is 1.19 bits per heavy atom. The van der Waals surface area contributed by atoms with Crippen molar-refractivity contribution < 1.29 is 14.7 Å². The molecule has 0 saturated heterocycles. The normalized spacial score (nSPS) is 12.9. The topological polar surface area (TPSA) is 92.2 Å². The van der Waals surface area contributed by atoms with Gasteiger partial charge in [0.25, 0.3) is 5.91 Å². The summed E-state index contributed by atoms with van der Waals surface area (Å²) in [4.78, 5) is 31.8. The van der Waals surface area contributed by atoms with Crippen LogP contribution in [0, 0.1) is 5.41 Å². The van der Waals surface area contributed by atoms with Crippen LogP contribution in [-0.4, -0.2) is 33.0 Å². The maximum Gasteiger partial charge on any atom is 0.326 e. The van der Waals surface area contributed by atoms with Crippen LogP contribution in [0.25, 0.3) is 11.0 Å². The Hall–Kier alpha value is -2.50. The number of carboxylic acid groups (broad SMARTS) is 1. The molecule has 0 fully saturated rings. The van der Waals surface area contributed by atoms with Gasteiger partial charge >= 0.3 is 5.97 Å². The van der Waals surface area contributed by atoms with Gasteiger partial charge in [0.1, 0.15) is 11.7 Å². The number of carboxylic acids is 1. The van der Waals surface area contributed by atoms with E-state index >= 15 is 0 Å². The third kappa shape index (κ3) is 3.34. The smallest absolute Gasteiger partial charge is 0.326 e. The zero-order chi connectivity index (χ0) is 15.6. The van der Waals surface area contributed by atoms with E-state index in [4.69, 9.17) is 0 Å². The molecular formula is C15H17N3O3. The fourth-order valence-corrected chi connectivity index (χ4v) is 1.92. The van der Waals surface area contributed by atoms with Gasteiger partial charge < -0.3 is 10.4 Å². The number of aliphatic carboxylic acids is 1. The molecule has 110 valence electrons. The summed E-state index contributed by atoms with van der Waals surface area (Å²) in [5.41, 5.74) is 0.767. The second-order valence-corrected chi connectivity index (χ2v) is 5.85. The Morgan fingerprint density at radius 2 is 1.81 bits per heavy atom. The number of amides is 1. The molecule has 1 aromatic heterocycles. The molecule has 2 aromatic rings. The third-order valence-corrected chi connectivity index (χ3v) is 3.07.